The van der Waals surface area contributed by atoms with E-state index in [1.807, 2.05) is 11.3 Å². The highest BCUT2D eigenvalue weighted by molar-refractivity contribution is 7.11. The minimum absolute atomic E-state index is 0.499. The molecule has 14 heavy (non-hydrogen) atoms. The number of allylic oxidation sites excluding steroid dienone is 1. The molecule has 1 nitrogen and oxygen atoms in total. The van der Waals surface area contributed by atoms with Crippen LogP contribution in [0.1, 0.15) is 18.2 Å². The molecular formula is C12H15NS. The van der Waals surface area contributed by atoms with Gasteiger partial charge in [-0.25, -0.2) is 0 Å². The summed E-state index contributed by atoms with van der Waals surface area (Å²) in [6.45, 7) is 4.77. The van der Waals surface area contributed by atoms with E-state index >= 15 is 0 Å². The van der Waals surface area contributed by atoms with Crippen LogP contribution >= 0.6 is 11.3 Å². The Balaban J connectivity index is 1.92. The average Bonchev–Trinajstić information content (AvgIpc) is 2.75. The molecule has 0 spiro atoms. The van der Waals surface area contributed by atoms with Crippen LogP contribution in [0.4, 0.5) is 0 Å². The van der Waals surface area contributed by atoms with Crippen molar-refractivity contribution in [1.29, 1.82) is 0 Å². The first-order valence-corrected chi connectivity index (χ1v) is 6.11. The minimum atomic E-state index is 0.499. The quantitative estimate of drug-likeness (QED) is 0.743. The Morgan fingerprint density at radius 2 is 2.50 bits per heavy atom. The fraction of sp³-hybridized carbons (Fsp3) is 0.500. The van der Waals surface area contributed by atoms with E-state index < -0.39 is 0 Å². The normalized spacial score (nSPS) is 35.8. The molecule has 0 radical (unpaired) electrons. The minimum Gasteiger partial charge on any atom is -0.316 e. The van der Waals surface area contributed by atoms with Crippen LogP contribution in [-0.4, -0.2) is 13.1 Å². The van der Waals surface area contributed by atoms with Gasteiger partial charge in [-0.3, -0.25) is 0 Å². The van der Waals surface area contributed by atoms with Gasteiger partial charge in [0.1, 0.15) is 0 Å². The molecule has 1 aromatic rings. The summed E-state index contributed by atoms with van der Waals surface area (Å²) in [4.78, 5) is 1.47. The number of nitrogens with one attached hydrogen (secondary N) is 1. The SMILES string of the molecule is CC12CNCC1C=C(c1cccs1)C2. The van der Waals surface area contributed by atoms with Crippen molar-refractivity contribution in [3.05, 3.63) is 28.5 Å². The first-order valence-electron chi connectivity index (χ1n) is 5.23. The smallest absolute Gasteiger partial charge is 0.0299 e. The highest BCUT2D eigenvalue weighted by atomic mass is 32.1. The largest absolute Gasteiger partial charge is 0.316 e. The summed E-state index contributed by atoms with van der Waals surface area (Å²) in [6.07, 6.45) is 3.75. The second-order valence-electron chi connectivity index (χ2n) is 4.74. The lowest BCUT2D eigenvalue weighted by atomic mass is 9.82. The Hall–Kier alpha value is -0.600. The second kappa shape index (κ2) is 2.94. The second-order valence-corrected chi connectivity index (χ2v) is 5.69. The lowest BCUT2D eigenvalue weighted by Gasteiger charge is -2.22. The Morgan fingerprint density at radius 1 is 1.57 bits per heavy atom. The first kappa shape index (κ1) is 8.69. The van der Waals surface area contributed by atoms with E-state index in [1.54, 1.807) is 5.57 Å². The highest BCUT2D eigenvalue weighted by Gasteiger charge is 2.42. The van der Waals surface area contributed by atoms with Crippen molar-refractivity contribution in [2.75, 3.05) is 13.1 Å². The topological polar surface area (TPSA) is 12.0 Å². The molecule has 1 aliphatic carbocycles. The Morgan fingerprint density at radius 3 is 3.21 bits per heavy atom. The van der Waals surface area contributed by atoms with E-state index in [4.69, 9.17) is 0 Å². The molecule has 1 aliphatic heterocycles. The van der Waals surface area contributed by atoms with Crippen molar-refractivity contribution in [2.24, 2.45) is 11.3 Å². The molecule has 2 unspecified atom stereocenters. The van der Waals surface area contributed by atoms with Crippen LogP contribution in [0.5, 0.6) is 0 Å². The van der Waals surface area contributed by atoms with Crippen molar-refractivity contribution in [1.82, 2.24) is 5.32 Å². The molecule has 0 amide bonds. The van der Waals surface area contributed by atoms with Gasteiger partial charge in [0.15, 0.2) is 0 Å². The number of fused-ring (bicyclic) bond motifs is 1. The van der Waals surface area contributed by atoms with Gasteiger partial charge in [0.05, 0.1) is 0 Å². The zero-order valence-electron chi connectivity index (χ0n) is 8.42. The molecular weight excluding hydrogens is 190 g/mol. The lowest BCUT2D eigenvalue weighted by Crippen LogP contribution is -2.21. The van der Waals surface area contributed by atoms with Crippen molar-refractivity contribution < 1.29 is 0 Å². The van der Waals surface area contributed by atoms with E-state index in [1.165, 1.54) is 24.4 Å². The Bertz CT molecular complexity index is 366. The van der Waals surface area contributed by atoms with Gasteiger partial charge in [-0.1, -0.05) is 19.1 Å². The number of thiophene rings is 1. The molecule has 2 heterocycles. The monoisotopic (exact) mass is 205 g/mol. The fourth-order valence-corrected chi connectivity index (χ4v) is 3.46. The third-order valence-electron chi connectivity index (χ3n) is 3.62. The van der Waals surface area contributed by atoms with Crippen LogP contribution in [0.2, 0.25) is 0 Å². The summed E-state index contributed by atoms with van der Waals surface area (Å²) in [5, 5.41) is 5.66. The van der Waals surface area contributed by atoms with Gasteiger partial charge >= 0.3 is 0 Å². The van der Waals surface area contributed by atoms with Crippen molar-refractivity contribution in [2.45, 2.75) is 13.3 Å². The summed E-state index contributed by atoms with van der Waals surface area (Å²) in [7, 11) is 0. The van der Waals surface area contributed by atoms with Crippen molar-refractivity contribution in [3.63, 3.8) is 0 Å². The summed E-state index contributed by atoms with van der Waals surface area (Å²) >= 11 is 1.87. The van der Waals surface area contributed by atoms with Gasteiger partial charge in [0, 0.05) is 18.0 Å². The molecule has 3 rings (SSSR count). The molecule has 1 aromatic heterocycles. The van der Waals surface area contributed by atoms with Gasteiger partial charge in [-0.15, -0.1) is 11.3 Å². The predicted molar refractivity (Wildman–Crippen MR) is 61.4 cm³/mol. The molecule has 0 saturated carbocycles. The van der Waals surface area contributed by atoms with E-state index in [9.17, 15) is 0 Å². The molecule has 1 N–H and O–H groups in total. The summed E-state index contributed by atoms with van der Waals surface area (Å²) < 4.78 is 0. The lowest BCUT2D eigenvalue weighted by molar-refractivity contribution is 0.330. The number of rotatable bonds is 1. The third-order valence-corrected chi connectivity index (χ3v) is 4.57. The van der Waals surface area contributed by atoms with Crippen molar-refractivity contribution >= 4 is 16.9 Å². The van der Waals surface area contributed by atoms with Gasteiger partial charge in [-0.2, -0.15) is 0 Å². The Kier molecular flexibility index (Phi) is 1.83. The van der Waals surface area contributed by atoms with Crippen LogP contribution in [0.3, 0.4) is 0 Å². The molecule has 1 saturated heterocycles. The van der Waals surface area contributed by atoms with Crippen molar-refractivity contribution in [3.8, 4) is 0 Å². The van der Waals surface area contributed by atoms with Crippen LogP contribution < -0.4 is 5.32 Å². The first-order chi connectivity index (χ1) is 6.78. The zero-order chi connectivity index (χ0) is 9.60. The molecule has 0 bridgehead atoms. The average molecular weight is 205 g/mol. The summed E-state index contributed by atoms with van der Waals surface area (Å²) in [6, 6.07) is 4.39. The molecule has 2 aliphatic rings. The third kappa shape index (κ3) is 1.17. The predicted octanol–water partition coefficient (Wildman–Crippen LogP) is 2.76. The van der Waals surface area contributed by atoms with Gasteiger partial charge in [0.2, 0.25) is 0 Å². The van der Waals surface area contributed by atoms with Gasteiger partial charge in [-0.05, 0) is 34.8 Å². The van der Waals surface area contributed by atoms with Crippen LogP contribution in [0.15, 0.2) is 23.6 Å². The summed E-state index contributed by atoms with van der Waals surface area (Å²) in [5.74, 6) is 0.764. The maximum atomic E-state index is 3.49. The van der Waals surface area contributed by atoms with E-state index in [-0.39, 0.29) is 0 Å². The van der Waals surface area contributed by atoms with Gasteiger partial charge in [0.25, 0.3) is 0 Å². The van der Waals surface area contributed by atoms with Gasteiger partial charge < -0.3 is 5.32 Å². The maximum Gasteiger partial charge on any atom is 0.0299 e. The maximum absolute atomic E-state index is 3.49. The summed E-state index contributed by atoms with van der Waals surface area (Å²) in [5.41, 5.74) is 2.08. The molecule has 2 heteroatoms. The fourth-order valence-electron chi connectivity index (χ4n) is 2.71. The highest BCUT2D eigenvalue weighted by Crippen LogP contribution is 2.48. The molecule has 1 fully saturated rings. The standard InChI is InChI=1S/C12H15NS/c1-12-6-9(11-3-2-4-14-11)5-10(12)7-13-8-12/h2-5,10,13H,6-8H2,1H3. The van der Waals surface area contributed by atoms with E-state index in [0.717, 1.165) is 5.92 Å². The molecule has 2 atom stereocenters. The van der Waals surface area contributed by atoms with E-state index in [2.05, 4.69) is 35.8 Å². The molecule has 74 valence electrons. The number of hydrogen-bond acceptors (Lipinski definition) is 2. The zero-order valence-corrected chi connectivity index (χ0v) is 9.23. The van der Waals surface area contributed by atoms with Crippen LogP contribution in [-0.2, 0) is 0 Å². The Labute approximate surface area is 88.8 Å². The molecule has 0 aromatic carbocycles. The van der Waals surface area contributed by atoms with Crippen LogP contribution in [0.25, 0.3) is 5.57 Å². The van der Waals surface area contributed by atoms with E-state index in [0.29, 0.717) is 5.41 Å². The van der Waals surface area contributed by atoms with Crippen LogP contribution in [0, 0.1) is 11.3 Å². The number of hydrogen-bond donors (Lipinski definition) is 1.